The van der Waals surface area contributed by atoms with Crippen LogP contribution < -0.4 is 10.1 Å². The van der Waals surface area contributed by atoms with Gasteiger partial charge in [-0.05, 0) is 42.0 Å². The molecule has 6 heteroatoms. The molecule has 0 unspecified atom stereocenters. The molecule has 196 valence electrons. The lowest BCUT2D eigenvalue weighted by atomic mass is 10.0. The monoisotopic (exact) mass is 528 g/mol. The highest BCUT2D eigenvalue weighted by molar-refractivity contribution is 6.31. The van der Waals surface area contributed by atoms with Crippen molar-refractivity contribution in [3.8, 4) is 5.75 Å². The van der Waals surface area contributed by atoms with E-state index in [9.17, 15) is 9.59 Å². The number of ether oxygens (including phenoxy) is 1. The van der Waals surface area contributed by atoms with Gasteiger partial charge < -0.3 is 15.0 Å². The Morgan fingerprint density at radius 2 is 1.58 bits per heavy atom. The summed E-state index contributed by atoms with van der Waals surface area (Å²) in [6, 6.07) is 30.0. The largest absolute Gasteiger partial charge is 0.483 e. The second kappa shape index (κ2) is 13.1. The summed E-state index contributed by atoms with van der Waals surface area (Å²) in [4.78, 5) is 29.0. The molecule has 0 spiro atoms. The van der Waals surface area contributed by atoms with Crippen molar-refractivity contribution >= 4 is 34.2 Å². The van der Waals surface area contributed by atoms with Crippen molar-refractivity contribution in [1.82, 2.24) is 10.2 Å². The first-order valence-corrected chi connectivity index (χ1v) is 13.3. The Morgan fingerprint density at radius 3 is 2.34 bits per heavy atom. The van der Waals surface area contributed by atoms with Gasteiger partial charge in [0.1, 0.15) is 11.8 Å². The van der Waals surface area contributed by atoms with Gasteiger partial charge in [-0.1, -0.05) is 103 Å². The van der Waals surface area contributed by atoms with Crippen molar-refractivity contribution in [3.05, 3.63) is 113 Å². The predicted molar refractivity (Wildman–Crippen MR) is 153 cm³/mol. The van der Waals surface area contributed by atoms with E-state index in [-0.39, 0.29) is 31.0 Å². The SMILES string of the molecule is CC[C@H](C)NC(=O)[C@H](Cc1ccccc1)N(Cc1ccccc1Cl)C(=O)COc1cccc2ccccc12. The van der Waals surface area contributed by atoms with Gasteiger partial charge in [0.25, 0.3) is 5.91 Å². The second-order valence-electron chi connectivity index (χ2n) is 9.40. The van der Waals surface area contributed by atoms with Gasteiger partial charge in [-0.2, -0.15) is 0 Å². The van der Waals surface area contributed by atoms with E-state index in [1.807, 2.05) is 105 Å². The molecule has 0 aliphatic rings. The van der Waals surface area contributed by atoms with Crippen molar-refractivity contribution in [2.75, 3.05) is 6.61 Å². The maximum Gasteiger partial charge on any atom is 0.261 e. The van der Waals surface area contributed by atoms with Gasteiger partial charge in [-0.15, -0.1) is 0 Å². The standard InChI is InChI=1S/C32H33ClN2O3/c1-3-23(2)34-32(37)29(20-24-12-5-4-6-13-24)35(21-26-15-8-10-18-28(26)33)31(36)22-38-30-19-11-16-25-14-7-9-17-27(25)30/h4-19,23,29H,3,20-22H2,1-2H3,(H,34,37)/t23-,29-/m0/s1. The van der Waals surface area contributed by atoms with E-state index in [0.29, 0.717) is 17.2 Å². The molecule has 0 aliphatic heterocycles. The summed E-state index contributed by atoms with van der Waals surface area (Å²) in [6.07, 6.45) is 1.15. The molecule has 1 N–H and O–H groups in total. The molecule has 0 saturated carbocycles. The van der Waals surface area contributed by atoms with Gasteiger partial charge in [0.2, 0.25) is 5.91 Å². The molecule has 2 amide bonds. The van der Waals surface area contributed by atoms with Crippen LogP contribution in [0.25, 0.3) is 10.8 Å². The van der Waals surface area contributed by atoms with Crippen LogP contribution in [0.4, 0.5) is 0 Å². The van der Waals surface area contributed by atoms with Gasteiger partial charge in [0, 0.05) is 29.4 Å². The predicted octanol–water partition coefficient (Wildman–Crippen LogP) is 6.43. The minimum absolute atomic E-state index is 0.0232. The average Bonchev–Trinajstić information content (AvgIpc) is 2.94. The van der Waals surface area contributed by atoms with Crippen LogP contribution in [0.5, 0.6) is 5.75 Å². The lowest BCUT2D eigenvalue weighted by molar-refractivity contribution is -0.143. The van der Waals surface area contributed by atoms with Gasteiger partial charge in [-0.25, -0.2) is 0 Å². The molecule has 5 nitrogen and oxygen atoms in total. The smallest absolute Gasteiger partial charge is 0.261 e. The van der Waals surface area contributed by atoms with Gasteiger partial charge in [-0.3, -0.25) is 9.59 Å². The number of halogens is 1. The molecular weight excluding hydrogens is 496 g/mol. The maximum atomic E-state index is 13.8. The Kier molecular flexibility index (Phi) is 9.39. The van der Waals surface area contributed by atoms with Crippen LogP contribution in [-0.4, -0.2) is 35.4 Å². The quantitative estimate of drug-likeness (QED) is 0.244. The third-order valence-electron chi connectivity index (χ3n) is 6.67. The Balaban J connectivity index is 1.66. The van der Waals surface area contributed by atoms with E-state index in [0.717, 1.165) is 28.3 Å². The van der Waals surface area contributed by atoms with E-state index >= 15 is 0 Å². The van der Waals surface area contributed by atoms with Crippen LogP contribution in [0.1, 0.15) is 31.4 Å². The third kappa shape index (κ3) is 6.93. The summed E-state index contributed by atoms with van der Waals surface area (Å²) in [6.45, 7) is 3.95. The van der Waals surface area contributed by atoms with E-state index in [4.69, 9.17) is 16.3 Å². The first kappa shape index (κ1) is 27.2. The molecule has 0 radical (unpaired) electrons. The van der Waals surface area contributed by atoms with E-state index in [1.165, 1.54) is 0 Å². The Labute approximate surface area is 229 Å². The molecule has 4 rings (SSSR count). The molecule has 0 bridgehead atoms. The fraction of sp³-hybridized carbons (Fsp3) is 0.250. The number of fused-ring (bicyclic) bond motifs is 1. The molecule has 2 atom stereocenters. The van der Waals surface area contributed by atoms with Gasteiger partial charge in [0.15, 0.2) is 6.61 Å². The average molecular weight is 529 g/mol. The highest BCUT2D eigenvalue weighted by atomic mass is 35.5. The first-order chi connectivity index (χ1) is 18.5. The fourth-order valence-electron chi connectivity index (χ4n) is 4.35. The topological polar surface area (TPSA) is 58.6 Å². The van der Waals surface area contributed by atoms with Gasteiger partial charge in [0.05, 0.1) is 0 Å². The normalized spacial score (nSPS) is 12.5. The fourth-order valence-corrected chi connectivity index (χ4v) is 4.54. The van der Waals surface area contributed by atoms with Crippen LogP contribution in [-0.2, 0) is 22.6 Å². The molecule has 0 fully saturated rings. The number of carbonyl (C=O) groups excluding carboxylic acids is 2. The number of nitrogens with zero attached hydrogens (tertiary/aromatic N) is 1. The number of amides is 2. The van der Waals surface area contributed by atoms with Crippen LogP contribution in [0.3, 0.4) is 0 Å². The van der Waals surface area contributed by atoms with Crippen molar-refractivity contribution in [3.63, 3.8) is 0 Å². The summed E-state index contributed by atoms with van der Waals surface area (Å²) < 4.78 is 6.06. The van der Waals surface area contributed by atoms with E-state index in [2.05, 4.69) is 5.32 Å². The van der Waals surface area contributed by atoms with Crippen molar-refractivity contribution in [1.29, 1.82) is 0 Å². The molecule has 0 aliphatic carbocycles. The molecule has 0 heterocycles. The molecule has 4 aromatic carbocycles. The van der Waals surface area contributed by atoms with E-state index in [1.54, 1.807) is 11.0 Å². The lowest BCUT2D eigenvalue weighted by Gasteiger charge is -2.32. The minimum atomic E-state index is -0.744. The Bertz CT molecular complexity index is 1370. The van der Waals surface area contributed by atoms with Crippen LogP contribution in [0.2, 0.25) is 5.02 Å². The number of benzene rings is 4. The molecule has 38 heavy (non-hydrogen) atoms. The summed E-state index contributed by atoms with van der Waals surface area (Å²) in [5.41, 5.74) is 1.73. The number of nitrogens with one attached hydrogen (secondary N) is 1. The number of carbonyl (C=O) groups is 2. The summed E-state index contributed by atoms with van der Waals surface area (Å²) in [5, 5.41) is 5.57. The van der Waals surface area contributed by atoms with Crippen molar-refractivity contribution in [2.45, 2.75) is 45.3 Å². The Morgan fingerprint density at radius 1 is 0.895 bits per heavy atom. The molecule has 0 saturated heterocycles. The zero-order valence-corrected chi connectivity index (χ0v) is 22.5. The molecule has 0 aromatic heterocycles. The molecule has 4 aromatic rings. The highest BCUT2D eigenvalue weighted by Gasteiger charge is 2.31. The van der Waals surface area contributed by atoms with Gasteiger partial charge >= 0.3 is 0 Å². The number of hydrogen-bond acceptors (Lipinski definition) is 3. The van der Waals surface area contributed by atoms with Crippen molar-refractivity contribution < 1.29 is 14.3 Å². The molecular formula is C32H33ClN2O3. The minimum Gasteiger partial charge on any atom is -0.483 e. The summed E-state index contributed by atoms with van der Waals surface area (Å²) in [7, 11) is 0. The Hall–Kier alpha value is -3.83. The highest BCUT2D eigenvalue weighted by Crippen LogP contribution is 2.26. The summed E-state index contributed by atoms with van der Waals surface area (Å²) >= 11 is 6.49. The number of hydrogen-bond donors (Lipinski definition) is 1. The third-order valence-corrected chi connectivity index (χ3v) is 7.04. The van der Waals surface area contributed by atoms with E-state index < -0.39 is 6.04 Å². The maximum absolute atomic E-state index is 13.8. The van der Waals surface area contributed by atoms with Crippen LogP contribution >= 0.6 is 11.6 Å². The zero-order chi connectivity index (χ0) is 26.9. The van der Waals surface area contributed by atoms with Crippen LogP contribution in [0, 0.1) is 0 Å². The van der Waals surface area contributed by atoms with Crippen molar-refractivity contribution in [2.24, 2.45) is 0 Å². The first-order valence-electron chi connectivity index (χ1n) is 12.9. The number of rotatable bonds is 11. The second-order valence-corrected chi connectivity index (χ2v) is 9.81. The van der Waals surface area contributed by atoms with Crippen LogP contribution in [0.15, 0.2) is 97.1 Å². The lowest BCUT2D eigenvalue weighted by Crippen LogP contribution is -2.53. The summed E-state index contributed by atoms with van der Waals surface area (Å²) in [5.74, 6) is 0.129. The zero-order valence-electron chi connectivity index (χ0n) is 21.8.